The number of nitrogens with zero attached hydrogens (tertiary/aromatic N) is 4. The molecule has 0 radical (unpaired) electrons. The van der Waals surface area contributed by atoms with Crippen LogP contribution >= 0.6 is 11.6 Å². The number of rotatable bonds is 8. The van der Waals surface area contributed by atoms with E-state index in [0.717, 1.165) is 31.3 Å². The smallest absolute Gasteiger partial charge is 0.302 e. The van der Waals surface area contributed by atoms with Gasteiger partial charge in [0.2, 0.25) is 5.91 Å². The normalized spacial score (nSPS) is 16.2. The number of allylic oxidation sites excluding steroid dienone is 4. The van der Waals surface area contributed by atoms with E-state index in [1.54, 1.807) is 11.0 Å². The number of aliphatic imine (C=N–C) groups is 1. The highest BCUT2D eigenvalue weighted by Gasteiger charge is 2.35. The second-order valence-corrected chi connectivity index (χ2v) is 8.62. The summed E-state index contributed by atoms with van der Waals surface area (Å²) in [5.41, 5.74) is 23.3. The number of terminal acetylenes is 1. The predicted octanol–water partition coefficient (Wildman–Crippen LogP) is 0.822. The van der Waals surface area contributed by atoms with Gasteiger partial charge in [-0.1, -0.05) is 29.7 Å². The maximum Gasteiger partial charge on any atom is 0.302 e. The highest BCUT2D eigenvalue weighted by atomic mass is 35.5. The number of likely N-dealkylation sites (tertiary alicyclic amines) is 1. The lowest BCUT2D eigenvalue weighted by Gasteiger charge is -2.42. The molecule has 1 aliphatic heterocycles. The van der Waals surface area contributed by atoms with Crippen molar-refractivity contribution >= 4 is 41.0 Å². The number of amides is 2. The van der Waals surface area contributed by atoms with Gasteiger partial charge in [-0.05, 0) is 49.7 Å². The Morgan fingerprint density at radius 2 is 1.97 bits per heavy atom. The van der Waals surface area contributed by atoms with Crippen LogP contribution in [-0.4, -0.2) is 58.8 Å². The topological polar surface area (TPSA) is 192 Å². The van der Waals surface area contributed by atoms with Gasteiger partial charge in [0.25, 0.3) is 0 Å². The fourth-order valence-corrected chi connectivity index (χ4v) is 4.01. The number of carbonyl (C=O) groups is 2. The number of nitrogen functional groups attached to an aromatic ring is 2. The van der Waals surface area contributed by atoms with E-state index in [4.69, 9.17) is 41.0 Å². The summed E-state index contributed by atoms with van der Waals surface area (Å²) in [7, 11) is 0. The van der Waals surface area contributed by atoms with Crippen LogP contribution in [-0.2, 0) is 4.79 Å². The summed E-state index contributed by atoms with van der Waals surface area (Å²) in [4.78, 5) is 37.8. The second kappa shape index (κ2) is 12.7. The maximum absolute atomic E-state index is 12.5. The third-order valence-corrected chi connectivity index (χ3v) is 6.20. The average molecular weight is 502 g/mol. The van der Waals surface area contributed by atoms with E-state index in [0.29, 0.717) is 19.6 Å². The summed E-state index contributed by atoms with van der Waals surface area (Å²) in [5.74, 6) is 1.30. The fourth-order valence-electron chi connectivity index (χ4n) is 3.89. The summed E-state index contributed by atoms with van der Waals surface area (Å²) in [6.45, 7) is 3.48. The van der Waals surface area contributed by atoms with Crippen LogP contribution in [0.3, 0.4) is 0 Å². The highest BCUT2D eigenvalue weighted by Crippen LogP contribution is 2.37. The zero-order valence-corrected chi connectivity index (χ0v) is 20.5. The molecule has 2 rings (SSSR count). The van der Waals surface area contributed by atoms with E-state index < -0.39 is 5.91 Å². The number of hydrogen-bond acceptors (Lipinski definition) is 7. The van der Waals surface area contributed by atoms with Crippen molar-refractivity contribution in [2.45, 2.75) is 32.6 Å². The monoisotopic (exact) mass is 501 g/mol. The van der Waals surface area contributed by atoms with Crippen molar-refractivity contribution in [1.82, 2.24) is 20.2 Å². The minimum Gasteiger partial charge on any atom is -0.382 e. The number of guanidine groups is 1. The van der Waals surface area contributed by atoms with E-state index in [2.05, 4.69) is 26.2 Å². The zero-order valence-electron chi connectivity index (χ0n) is 19.8. The number of hydrogen-bond donors (Lipinski definition) is 5. The van der Waals surface area contributed by atoms with Crippen LogP contribution in [0.1, 0.15) is 43.1 Å². The predicted molar refractivity (Wildman–Crippen MR) is 138 cm³/mol. The average Bonchev–Trinajstić information content (AvgIpc) is 2.83. The first-order chi connectivity index (χ1) is 16.6. The number of nitrogens with one attached hydrogen (secondary N) is 1. The molecule has 0 atom stereocenters. The summed E-state index contributed by atoms with van der Waals surface area (Å²) in [5, 5.41) is 2.89. The molecule has 0 spiro atoms. The van der Waals surface area contributed by atoms with Crippen molar-refractivity contribution in [3.63, 3.8) is 0 Å². The molecule has 1 fully saturated rings. The lowest BCUT2D eigenvalue weighted by atomic mass is 9.74. The van der Waals surface area contributed by atoms with Crippen molar-refractivity contribution in [2.24, 2.45) is 21.9 Å². The number of halogens is 1. The Morgan fingerprint density at radius 1 is 1.29 bits per heavy atom. The van der Waals surface area contributed by atoms with Gasteiger partial charge in [-0.3, -0.25) is 9.59 Å². The summed E-state index contributed by atoms with van der Waals surface area (Å²) in [6.07, 6.45) is 14.1. The molecule has 11 nitrogen and oxygen atoms in total. The van der Waals surface area contributed by atoms with E-state index >= 15 is 0 Å². The van der Waals surface area contributed by atoms with E-state index in [9.17, 15) is 9.59 Å². The van der Waals surface area contributed by atoms with Crippen molar-refractivity contribution in [1.29, 1.82) is 0 Å². The lowest BCUT2D eigenvalue weighted by molar-refractivity contribution is -0.132. The minimum absolute atomic E-state index is 0.0233. The molecule has 0 saturated carbocycles. The standard InChI is InChI=1S/C23H32ClN9O2/c1-3-5-15(6-4-2)7-8-23(9-11-33(12-10-23)16(34)13-25)14-29-22(28)32-21(35)17-19(26)31-20(27)18(24)30-17/h1,4-6H,7-14,25H2,2H3,(H4,26,27,31)(H3,28,29,32,35)/b6-4-,15-5+. The van der Waals surface area contributed by atoms with Gasteiger partial charge in [0.1, 0.15) is 0 Å². The van der Waals surface area contributed by atoms with Gasteiger partial charge in [0.15, 0.2) is 28.4 Å². The SMILES string of the molecule is C#C/C=C(\C=C/C)CCC1(CN/C(N)=N/C(=O)c2nc(Cl)c(N)nc2N)CCN(C(=O)CN)CC1. The molecule has 35 heavy (non-hydrogen) atoms. The van der Waals surface area contributed by atoms with Crippen molar-refractivity contribution in [3.8, 4) is 12.3 Å². The van der Waals surface area contributed by atoms with Gasteiger partial charge >= 0.3 is 5.91 Å². The van der Waals surface area contributed by atoms with Crippen LogP contribution in [0.5, 0.6) is 0 Å². The van der Waals surface area contributed by atoms with Crippen molar-refractivity contribution < 1.29 is 9.59 Å². The number of aromatic nitrogens is 2. The Morgan fingerprint density at radius 3 is 2.57 bits per heavy atom. The third kappa shape index (κ3) is 7.70. The van der Waals surface area contributed by atoms with Crippen LogP contribution in [0.15, 0.2) is 28.8 Å². The summed E-state index contributed by atoms with van der Waals surface area (Å²) in [6, 6.07) is 0. The van der Waals surface area contributed by atoms with Crippen LogP contribution in [0.25, 0.3) is 0 Å². The highest BCUT2D eigenvalue weighted by molar-refractivity contribution is 6.31. The second-order valence-electron chi connectivity index (χ2n) is 8.26. The molecule has 2 heterocycles. The molecule has 0 aliphatic carbocycles. The quantitative estimate of drug-likeness (QED) is 0.148. The van der Waals surface area contributed by atoms with Gasteiger partial charge in [-0.15, -0.1) is 6.42 Å². The van der Waals surface area contributed by atoms with Gasteiger partial charge in [-0.2, -0.15) is 4.99 Å². The van der Waals surface area contributed by atoms with Gasteiger partial charge in [0, 0.05) is 19.6 Å². The molecule has 2 amide bonds. The van der Waals surface area contributed by atoms with Crippen LogP contribution in [0.4, 0.5) is 11.6 Å². The van der Waals surface area contributed by atoms with Gasteiger partial charge < -0.3 is 33.2 Å². The summed E-state index contributed by atoms with van der Waals surface area (Å²) >= 11 is 5.84. The van der Waals surface area contributed by atoms with Gasteiger partial charge in [-0.25, -0.2) is 9.97 Å². The molecular weight excluding hydrogens is 470 g/mol. The number of piperidine rings is 1. The van der Waals surface area contributed by atoms with E-state index in [1.807, 2.05) is 19.1 Å². The Hall–Kier alpha value is -3.62. The summed E-state index contributed by atoms with van der Waals surface area (Å²) < 4.78 is 0. The Kier molecular flexibility index (Phi) is 10.1. The molecule has 1 aromatic rings. The minimum atomic E-state index is -0.799. The molecule has 9 N–H and O–H groups in total. The fraction of sp³-hybridized carbons (Fsp3) is 0.435. The van der Waals surface area contributed by atoms with Crippen LogP contribution in [0, 0.1) is 17.8 Å². The first-order valence-corrected chi connectivity index (χ1v) is 11.5. The van der Waals surface area contributed by atoms with E-state index in [1.165, 1.54) is 0 Å². The molecule has 0 bridgehead atoms. The van der Waals surface area contributed by atoms with Crippen molar-refractivity contribution in [3.05, 3.63) is 34.6 Å². The molecule has 0 aromatic carbocycles. The number of carbonyl (C=O) groups excluding carboxylic acids is 2. The number of anilines is 2. The molecule has 1 aromatic heterocycles. The first kappa shape index (κ1) is 27.6. The van der Waals surface area contributed by atoms with Crippen LogP contribution < -0.4 is 28.3 Å². The molecule has 1 saturated heterocycles. The lowest BCUT2D eigenvalue weighted by Crippen LogP contribution is -2.50. The molecule has 188 valence electrons. The molecule has 1 aliphatic rings. The Labute approximate surface area is 210 Å². The maximum atomic E-state index is 12.5. The van der Waals surface area contributed by atoms with Crippen LogP contribution in [0.2, 0.25) is 5.15 Å². The van der Waals surface area contributed by atoms with Crippen molar-refractivity contribution in [2.75, 3.05) is 37.6 Å². The first-order valence-electron chi connectivity index (χ1n) is 11.1. The largest absolute Gasteiger partial charge is 0.382 e. The van der Waals surface area contributed by atoms with Gasteiger partial charge in [0.05, 0.1) is 6.54 Å². The Balaban J connectivity index is 2.16. The number of nitrogens with two attached hydrogens (primary N) is 4. The third-order valence-electron chi connectivity index (χ3n) is 5.92. The Bertz CT molecular complexity index is 1070. The van der Waals surface area contributed by atoms with E-state index in [-0.39, 0.29) is 46.3 Å². The molecule has 12 heteroatoms. The molecule has 0 unspecified atom stereocenters. The zero-order chi connectivity index (χ0) is 26.0. The molecular formula is C23H32ClN9O2.